The van der Waals surface area contributed by atoms with Crippen molar-refractivity contribution in [2.75, 3.05) is 29.4 Å². The fourth-order valence-corrected chi connectivity index (χ4v) is 5.00. The van der Waals surface area contributed by atoms with Crippen LogP contribution in [0, 0.1) is 13.8 Å². The maximum atomic E-state index is 12.3. The minimum Gasteiger partial charge on any atom is -0.354 e. The van der Waals surface area contributed by atoms with E-state index in [-0.39, 0.29) is 12.5 Å². The Hall–Kier alpha value is -1.70. The first kappa shape index (κ1) is 23.6. The number of anilines is 1. The average Bonchev–Trinajstić information content (AvgIpc) is 2.63. The number of carbonyl (C=O) groups is 1. The molecule has 1 N–H and O–H groups in total. The quantitative estimate of drug-likeness (QED) is 0.547. The van der Waals surface area contributed by atoms with Crippen LogP contribution in [0.15, 0.2) is 42.5 Å². The Balaban J connectivity index is 1.81. The number of rotatable bonds is 10. The molecule has 0 fully saturated rings. The minimum absolute atomic E-state index is 0.252. The molecular weight excluding hydrogens is 428 g/mol. The Morgan fingerprint density at radius 3 is 2.52 bits per heavy atom. The van der Waals surface area contributed by atoms with Gasteiger partial charge in [0.05, 0.1) is 11.9 Å². The van der Waals surface area contributed by atoms with Gasteiger partial charge in [-0.1, -0.05) is 35.9 Å². The highest BCUT2D eigenvalue weighted by Crippen LogP contribution is 2.25. The van der Waals surface area contributed by atoms with E-state index in [1.54, 1.807) is 25.1 Å². The molecule has 5 nitrogen and oxygen atoms in total. The molecule has 0 heterocycles. The molecule has 0 aliphatic heterocycles. The molecule has 0 bridgehead atoms. The molecule has 0 atom stereocenters. The van der Waals surface area contributed by atoms with Gasteiger partial charge in [0.2, 0.25) is 15.9 Å². The molecular formula is C21H27ClN2O3S2. The summed E-state index contributed by atoms with van der Waals surface area (Å²) in [5, 5.41) is 3.33. The van der Waals surface area contributed by atoms with Crippen molar-refractivity contribution in [3.8, 4) is 0 Å². The molecule has 0 aliphatic carbocycles. The Labute approximate surface area is 182 Å². The van der Waals surface area contributed by atoms with E-state index in [9.17, 15) is 13.2 Å². The number of hydrogen-bond donors (Lipinski definition) is 1. The summed E-state index contributed by atoms with van der Waals surface area (Å²) < 4.78 is 25.5. The van der Waals surface area contributed by atoms with E-state index in [1.165, 1.54) is 11.1 Å². The molecule has 1 amide bonds. The SMILES string of the molecule is Cc1ccccc1CSCCCNC(=O)CN(c1ccc(Cl)cc1C)S(C)(=O)=O. The van der Waals surface area contributed by atoms with Gasteiger partial charge in [-0.25, -0.2) is 8.42 Å². The van der Waals surface area contributed by atoms with Crippen LogP contribution in [0.1, 0.15) is 23.1 Å². The summed E-state index contributed by atoms with van der Waals surface area (Å²) >= 11 is 7.77. The zero-order chi connectivity index (χ0) is 21.4. The lowest BCUT2D eigenvalue weighted by Gasteiger charge is -2.23. The molecule has 0 radical (unpaired) electrons. The average molecular weight is 455 g/mol. The summed E-state index contributed by atoms with van der Waals surface area (Å²) in [5.74, 6) is 1.53. The van der Waals surface area contributed by atoms with Crippen LogP contribution in [0.5, 0.6) is 0 Å². The molecule has 2 rings (SSSR count). The van der Waals surface area contributed by atoms with Gasteiger partial charge >= 0.3 is 0 Å². The molecule has 0 spiro atoms. The van der Waals surface area contributed by atoms with E-state index < -0.39 is 10.0 Å². The second kappa shape index (κ2) is 10.9. The van der Waals surface area contributed by atoms with Crippen LogP contribution in [-0.4, -0.2) is 39.4 Å². The monoisotopic (exact) mass is 454 g/mol. The molecule has 0 aromatic heterocycles. The summed E-state index contributed by atoms with van der Waals surface area (Å²) in [6.07, 6.45) is 1.91. The fraction of sp³-hybridized carbons (Fsp3) is 0.381. The number of amides is 1. The minimum atomic E-state index is -3.60. The maximum absolute atomic E-state index is 12.3. The lowest BCUT2D eigenvalue weighted by molar-refractivity contribution is -0.119. The molecule has 0 saturated carbocycles. The summed E-state index contributed by atoms with van der Waals surface area (Å²) in [7, 11) is -3.60. The van der Waals surface area contributed by atoms with Crippen molar-refractivity contribution in [3.05, 3.63) is 64.2 Å². The van der Waals surface area contributed by atoms with Crippen molar-refractivity contribution in [2.24, 2.45) is 0 Å². The number of nitrogens with one attached hydrogen (secondary N) is 1. The zero-order valence-electron chi connectivity index (χ0n) is 16.9. The molecule has 8 heteroatoms. The summed E-state index contributed by atoms with van der Waals surface area (Å²) in [4.78, 5) is 12.3. The van der Waals surface area contributed by atoms with Crippen LogP contribution < -0.4 is 9.62 Å². The smallest absolute Gasteiger partial charge is 0.240 e. The standard InChI is InChI=1S/C21H27ClN2O3S2/c1-16-7-4-5-8-18(16)15-28-12-6-11-23-21(25)14-24(29(3,26)27)20-10-9-19(22)13-17(20)2/h4-5,7-10,13H,6,11-12,14-15H2,1-3H3,(H,23,25). The van der Waals surface area contributed by atoms with E-state index in [1.807, 2.05) is 23.9 Å². The number of halogens is 1. The molecule has 2 aromatic carbocycles. The van der Waals surface area contributed by atoms with Gasteiger partial charge in [0, 0.05) is 17.3 Å². The van der Waals surface area contributed by atoms with E-state index in [0.717, 1.165) is 28.5 Å². The Kier molecular flexibility index (Phi) is 8.86. The van der Waals surface area contributed by atoms with Gasteiger partial charge in [0.25, 0.3) is 0 Å². The fourth-order valence-electron chi connectivity index (χ4n) is 2.82. The number of hydrogen-bond acceptors (Lipinski definition) is 4. The van der Waals surface area contributed by atoms with Crippen LogP contribution in [0.25, 0.3) is 0 Å². The van der Waals surface area contributed by atoms with Crippen molar-refractivity contribution in [3.63, 3.8) is 0 Å². The number of carbonyl (C=O) groups excluding carboxylic acids is 1. The van der Waals surface area contributed by atoms with E-state index in [4.69, 9.17) is 11.6 Å². The van der Waals surface area contributed by atoms with Gasteiger partial charge in [0.15, 0.2) is 0 Å². The molecule has 0 saturated heterocycles. The Morgan fingerprint density at radius 1 is 1.14 bits per heavy atom. The summed E-state index contributed by atoms with van der Waals surface area (Å²) in [6, 6.07) is 13.2. The van der Waals surface area contributed by atoms with Crippen molar-refractivity contribution >= 4 is 45.0 Å². The number of thioether (sulfide) groups is 1. The third kappa shape index (κ3) is 7.57. The number of benzene rings is 2. The van der Waals surface area contributed by atoms with Crippen LogP contribution in [0.3, 0.4) is 0 Å². The second-order valence-electron chi connectivity index (χ2n) is 6.88. The van der Waals surface area contributed by atoms with Gasteiger partial charge in [-0.3, -0.25) is 9.10 Å². The lowest BCUT2D eigenvalue weighted by atomic mass is 10.1. The summed E-state index contributed by atoms with van der Waals surface area (Å²) in [6.45, 7) is 4.13. The Morgan fingerprint density at radius 2 is 1.86 bits per heavy atom. The van der Waals surface area contributed by atoms with Crippen LogP contribution in [0.4, 0.5) is 5.69 Å². The highest BCUT2D eigenvalue weighted by molar-refractivity contribution is 7.98. The molecule has 29 heavy (non-hydrogen) atoms. The van der Waals surface area contributed by atoms with Gasteiger partial charge in [0.1, 0.15) is 6.54 Å². The van der Waals surface area contributed by atoms with Gasteiger partial charge in [-0.05, 0) is 60.9 Å². The van der Waals surface area contributed by atoms with Gasteiger partial charge < -0.3 is 5.32 Å². The highest BCUT2D eigenvalue weighted by atomic mass is 35.5. The summed E-state index contributed by atoms with van der Waals surface area (Å²) in [5.41, 5.74) is 3.76. The predicted octanol–water partition coefficient (Wildman–Crippen LogP) is 4.16. The zero-order valence-corrected chi connectivity index (χ0v) is 19.3. The van der Waals surface area contributed by atoms with Crippen molar-refractivity contribution in [2.45, 2.75) is 26.0 Å². The van der Waals surface area contributed by atoms with Gasteiger partial charge in [-0.15, -0.1) is 0 Å². The van der Waals surface area contributed by atoms with Crippen molar-refractivity contribution in [1.82, 2.24) is 5.32 Å². The first-order valence-electron chi connectivity index (χ1n) is 9.31. The number of sulfonamides is 1. The van der Waals surface area contributed by atoms with Crippen LogP contribution >= 0.6 is 23.4 Å². The lowest BCUT2D eigenvalue weighted by Crippen LogP contribution is -2.41. The molecule has 0 aliphatic rings. The third-order valence-corrected chi connectivity index (χ3v) is 6.88. The van der Waals surface area contributed by atoms with Crippen LogP contribution in [0.2, 0.25) is 5.02 Å². The van der Waals surface area contributed by atoms with E-state index >= 15 is 0 Å². The predicted molar refractivity (Wildman–Crippen MR) is 123 cm³/mol. The molecule has 0 unspecified atom stereocenters. The first-order chi connectivity index (χ1) is 13.7. The Bertz CT molecular complexity index is 949. The first-order valence-corrected chi connectivity index (χ1v) is 12.7. The maximum Gasteiger partial charge on any atom is 0.240 e. The number of nitrogens with zero attached hydrogens (tertiary/aromatic N) is 1. The van der Waals surface area contributed by atoms with Crippen LogP contribution in [-0.2, 0) is 20.6 Å². The second-order valence-corrected chi connectivity index (χ2v) is 10.3. The molecule has 158 valence electrons. The van der Waals surface area contributed by atoms with Crippen molar-refractivity contribution in [1.29, 1.82) is 0 Å². The van der Waals surface area contributed by atoms with E-state index in [2.05, 4.69) is 24.4 Å². The largest absolute Gasteiger partial charge is 0.354 e. The van der Waals surface area contributed by atoms with E-state index in [0.29, 0.717) is 22.8 Å². The topological polar surface area (TPSA) is 66.5 Å². The van der Waals surface area contributed by atoms with Gasteiger partial charge in [-0.2, -0.15) is 11.8 Å². The third-order valence-electron chi connectivity index (χ3n) is 4.42. The number of aryl methyl sites for hydroxylation is 2. The van der Waals surface area contributed by atoms with Crippen molar-refractivity contribution < 1.29 is 13.2 Å². The highest BCUT2D eigenvalue weighted by Gasteiger charge is 2.22. The normalized spacial score (nSPS) is 11.3. The molecule has 2 aromatic rings.